The van der Waals surface area contributed by atoms with E-state index in [1.54, 1.807) is 24.3 Å². The molecule has 3 heteroatoms. The van der Waals surface area contributed by atoms with Crippen molar-refractivity contribution in [2.45, 2.75) is 57.8 Å². The van der Waals surface area contributed by atoms with Crippen LogP contribution in [0, 0.1) is 17.6 Å². The van der Waals surface area contributed by atoms with Crippen molar-refractivity contribution < 1.29 is 13.9 Å². The van der Waals surface area contributed by atoms with Crippen molar-refractivity contribution >= 4 is 10.8 Å². The minimum Gasteiger partial charge on any atom is -0.508 e. The first-order chi connectivity index (χ1) is 14.0. The number of hydrogen-bond acceptors (Lipinski definition) is 1. The van der Waals surface area contributed by atoms with Gasteiger partial charge < -0.3 is 5.11 Å². The van der Waals surface area contributed by atoms with Gasteiger partial charge in [-0.25, -0.2) is 8.78 Å². The second-order valence-electron chi connectivity index (χ2n) is 8.46. The Bertz CT molecular complexity index is 1000. The minimum atomic E-state index is -0.456. The molecule has 1 aliphatic rings. The van der Waals surface area contributed by atoms with Crippen LogP contribution >= 0.6 is 0 Å². The third-order valence-corrected chi connectivity index (χ3v) is 6.48. The molecule has 0 heterocycles. The second-order valence-corrected chi connectivity index (χ2v) is 8.46. The fourth-order valence-corrected chi connectivity index (χ4v) is 4.75. The van der Waals surface area contributed by atoms with E-state index >= 15 is 0 Å². The first-order valence-corrected chi connectivity index (χ1v) is 10.8. The highest BCUT2D eigenvalue weighted by Crippen LogP contribution is 2.39. The summed E-state index contributed by atoms with van der Waals surface area (Å²) in [4.78, 5) is 0. The summed E-state index contributed by atoms with van der Waals surface area (Å²) in [6.07, 6.45) is 8.60. The molecule has 0 unspecified atom stereocenters. The number of benzene rings is 3. The molecule has 4 rings (SSSR count). The molecule has 0 bridgehead atoms. The van der Waals surface area contributed by atoms with E-state index in [1.807, 2.05) is 6.07 Å². The van der Waals surface area contributed by atoms with Crippen molar-refractivity contribution in [2.24, 2.45) is 5.92 Å². The highest BCUT2D eigenvalue weighted by Gasteiger charge is 2.23. The molecule has 3 aromatic rings. The molecule has 29 heavy (non-hydrogen) atoms. The lowest BCUT2D eigenvalue weighted by Crippen LogP contribution is -2.13. The maximum absolute atomic E-state index is 15.0. The van der Waals surface area contributed by atoms with Crippen LogP contribution in [0.4, 0.5) is 8.78 Å². The van der Waals surface area contributed by atoms with E-state index in [0.717, 1.165) is 24.3 Å². The topological polar surface area (TPSA) is 20.2 Å². The van der Waals surface area contributed by atoms with E-state index in [0.29, 0.717) is 27.8 Å². The van der Waals surface area contributed by atoms with Gasteiger partial charge in [-0.15, -0.1) is 0 Å². The number of phenols is 1. The van der Waals surface area contributed by atoms with Crippen LogP contribution in [-0.2, 0) is 0 Å². The number of unbranched alkanes of at least 4 members (excludes halogenated alkanes) is 1. The summed E-state index contributed by atoms with van der Waals surface area (Å²) >= 11 is 0. The molecule has 0 aliphatic heterocycles. The van der Waals surface area contributed by atoms with E-state index in [9.17, 15) is 13.9 Å². The highest BCUT2D eigenvalue weighted by molar-refractivity contribution is 5.89. The van der Waals surface area contributed by atoms with Crippen LogP contribution < -0.4 is 0 Å². The largest absolute Gasteiger partial charge is 0.508 e. The number of rotatable bonds is 5. The summed E-state index contributed by atoms with van der Waals surface area (Å²) in [6, 6.07) is 13.1. The molecule has 0 spiro atoms. The molecule has 0 amide bonds. The zero-order valence-corrected chi connectivity index (χ0v) is 16.9. The molecule has 0 atom stereocenters. The zero-order chi connectivity index (χ0) is 20.4. The minimum absolute atomic E-state index is 0.0177. The van der Waals surface area contributed by atoms with Crippen molar-refractivity contribution in [3.05, 3.63) is 65.7 Å². The summed E-state index contributed by atoms with van der Waals surface area (Å²) in [7, 11) is 0. The molecule has 0 aromatic heterocycles. The first-order valence-electron chi connectivity index (χ1n) is 10.8. The molecular weight excluding hydrogens is 366 g/mol. The predicted octanol–water partition coefficient (Wildman–Crippen LogP) is 7.95. The van der Waals surface area contributed by atoms with Gasteiger partial charge in [-0.2, -0.15) is 0 Å². The van der Waals surface area contributed by atoms with Crippen molar-refractivity contribution in [1.29, 1.82) is 0 Å². The standard InChI is InChI=1S/C26H28F2O/c1-2-3-4-17-5-7-18(8-6-17)19-10-12-23(25(27)14-19)21-13-20-9-11-22(29)16-24(20)26(28)15-21/h9-18,29H,2-8H2,1H3. The van der Waals surface area contributed by atoms with Gasteiger partial charge in [0.1, 0.15) is 17.4 Å². The fourth-order valence-electron chi connectivity index (χ4n) is 4.75. The molecule has 3 aromatic carbocycles. The Morgan fingerprint density at radius 3 is 2.41 bits per heavy atom. The number of halogens is 2. The van der Waals surface area contributed by atoms with Gasteiger partial charge >= 0.3 is 0 Å². The summed E-state index contributed by atoms with van der Waals surface area (Å²) in [5.74, 6) is 0.516. The average Bonchev–Trinajstić information content (AvgIpc) is 2.73. The van der Waals surface area contributed by atoms with Crippen LogP contribution in [0.2, 0.25) is 0 Å². The summed E-state index contributed by atoms with van der Waals surface area (Å²) in [5.41, 5.74) is 2.00. The zero-order valence-electron chi connectivity index (χ0n) is 16.9. The molecule has 0 radical (unpaired) electrons. The van der Waals surface area contributed by atoms with Crippen molar-refractivity contribution in [1.82, 2.24) is 0 Å². The number of aromatic hydroxyl groups is 1. The summed E-state index contributed by atoms with van der Waals surface area (Å²) in [5, 5.41) is 10.6. The van der Waals surface area contributed by atoms with Crippen molar-refractivity contribution in [3.8, 4) is 16.9 Å². The summed E-state index contributed by atoms with van der Waals surface area (Å²) in [6.45, 7) is 2.24. The van der Waals surface area contributed by atoms with E-state index in [-0.39, 0.29) is 11.6 Å². The Morgan fingerprint density at radius 2 is 1.69 bits per heavy atom. The second kappa shape index (κ2) is 8.52. The highest BCUT2D eigenvalue weighted by atomic mass is 19.1. The number of fused-ring (bicyclic) bond motifs is 1. The lowest BCUT2D eigenvalue weighted by atomic mass is 9.77. The van der Waals surface area contributed by atoms with Gasteiger partial charge in [-0.3, -0.25) is 0 Å². The van der Waals surface area contributed by atoms with Gasteiger partial charge in [0.2, 0.25) is 0 Å². The Labute approximate surface area is 171 Å². The third kappa shape index (κ3) is 4.29. The molecule has 152 valence electrons. The third-order valence-electron chi connectivity index (χ3n) is 6.48. The first kappa shape index (κ1) is 19.9. The number of phenolic OH excluding ortho intramolecular Hbond substituents is 1. The maximum atomic E-state index is 15.0. The van der Waals surface area contributed by atoms with E-state index in [2.05, 4.69) is 6.92 Å². The van der Waals surface area contributed by atoms with Crippen LogP contribution in [0.3, 0.4) is 0 Å². The molecular formula is C26H28F2O. The Kier molecular flexibility index (Phi) is 5.84. The van der Waals surface area contributed by atoms with Crippen LogP contribution in [0.25, 0.3) is 21.9 Å². The Balaban J connectivity index is 1.55. The van der Waals surface area contributed by atoms with Crippen LogP contribution in [-0.4, -0.2) is 5.11 Å². The van der Waals surface area contributed by atoms with Crippen LogP contribution in [0.5, 0.6) is 5.75 Å². The van der Waals surface area contributed by atoms with E-state index < -0.39 is 5.82 Å². The van der Waals surface area contributed by atoms with Gasteiger partial charge in [0.25, 0.3) is 0 Å². The van der Waals surface area contributed by atoms with Crippen LogP contribution in [0.15, 0.2) is 48.5 Å². The molecule has 1 N–H and O–H groups in total. The lowest BCUT2D eigenvalue weighted by Gasteiger charge is -2.29. The predicted molar refractivity (Wildman–Crippen MR) is 115 cm³/mol. The fraction of sp³-hybridized carbons (Fsp3) is 0.385. The molecule has 1 nitrogen and oxygen atoms in total. The smallest absolute Gasteiger partial charge is 0.131 e. The molecule has 0 saturated heterocycles. The molecule has 1 fully saturated rings. The lowest BCUT2D eigenvalue weighted by molar-refractivity contribution is 0.304. The van der Waals surface area contributed by atoms with Gasteiger partial charge in [0.15, 0.2) is 0 Å². The van der Waals surface area contributed by atoms with Gasteiger partial charge in [-0.05, 0) is 84.4 Å². The van der Waals surface area contributed by atoms with E-state index in [1.165, 1.54) is 50.3 Å². The van der Waals surface area contributed by atoms with Crippen molar-refractivity contribution in [2.75, 3.05) is 0 Å². The van der Waals surface area contributed by atoms with E-state index in [4.69, 9.17) is 0 Å². The average molecular weight is 395 g/mol. The van der Waals surface area contributed by atoms with Crippen molar-refractivity contribution in [3.63, 3.8) is 0 Å². The van der Waals surface area contributed by atoms with Gasteiger partial charge in [0.05, 0.1) is 0 Å². The van der Waals surface area contributed by atoms with Crippen LogP contribution in [0.1, 0.15) is 63.4 Å². The monoisotopic (exact) mass is 394 g/mol. The number of hydrogen-bond donors (Lipinski definition) is 1. The Hall–Kier alpha value is -2.42. The van der Waals surface area contributed by atoms with Gasteiger partial charge in [0, 0.05) is 10.9 Å². The molecule has 1 saturated carbocycles. The quantitative estimate of drug-likeness (QED) is 0.465. The van der Waals surface area contributed by atoms with Gasteiger partial charge in [-0.1, -0.05) is 44.4 Å². The molecule has 1 aliphatic carbocycles. The Morgan fingerprint density at radius 1 is 0.897 bits per heavy atom. The summed E-state index contributed by atoms with van der Waals surface area (Å²) < 4.78 is 29.5. The SMILES string of the molecule is CCCCC1CCC(c2ccc(-c3cc(F)c4cc(O)ccc4c3)c(F)c2)CC1. The normalized spacial score (nSPS) is 19.6. The maximum Gasteiger partial charge on any atom is 0.131 e.